The lowest BCUT2D eigenvalue weighted by Crippen LogP contribution is -2.31. The summed E-state index contributed by atoms with van der Waals surface area (Å²) in [5, 5.41) is 4.06. The molecule has 0 spiro atoms. The molecule has 1 saturated heterocycles. The van der Waals surface area contributed by atoms with Gasteiger partial charge in [-0.15, -0.1) is 0 Å². The van der Waals surface area contributed by atoms with Crippen molar-refractivity contribution in [3.8, 4) is 11.3 Å². The second-order valence-corrected chi connectivity index (χ2v) is 7.26. The molecule has 1 N–H and O–H groups in total. The molecule has 1 aliphatic rings. The van der Waals surface area contributed by atoms with E-state index >= 15 is 0 Å². The summed E-state index contributed by atoms with van der Waals surface area (Å²) >= 11 is 5.62. The van der Waals surface area contributed by atoms with Gasteiger partial charge in [-0.05, 0) is 67.2 Å². The lowest BCUT2D eigenvalue weighted by Gasteiger charge is -2.25. The SMILES string of the molecule is COCCCN1C(=S)NC(c2ccccn2)C1c1ccc(-c2ccc(F)cc2)o1. The average Bonchev–Trinajstić information content (AvgIpc) is 3.34. The Morgan fingerprint density at radius 1 is 1.17 bits per heavy atom. The first kappa shape index (κ1) is 19.5. The predicted molar refractivity (Wildman–Crippen MR) is 113 cm³/mol. The molecule has 5 nitrogen and oxygen atoms in total. The molecule has 1 fully saturated rings. The minimum Gasteiger partial charge on any atom is -0.459 e. The zero-order valence-corrected chi connectivity index (χ0v) is 16.9. The highest BCUT2D eigenvalue weighted by molar-refractivity contribution is 7.80. The Hall–Kier alpha value is -2.77. The molecule has 29 heavy (non-hydrogen) atoms. The minimum atomic E-state index is -0.273. The smallest absolute Gasteiger partial charge is 0.170 e. The van der Waals surface area contributed by atoms with Crippen LogP contribution in [-0.2, 0) is 4.74 Å². The zero-order valence-electron chi connectivity index (χ0n) is 16.0. The maximum atomic E-state index is 13.3. The van der Waals surface area contributed by atoms with Gasteiger partial charge >= 0.3 is 0 Å². The molecule has 2 aromatic heterocycles. The molecule has 7 heteroatoms. The lowest BCUT2D eigenvalue weighted by atomic mass is 10.0. The summed E-state index contributed by atoms with van der Waals surface area (Å²) in [7, 11) is 1.69. The van der Waals surface area contributed by atoms with Crippen LogP contribution in [0.3, 0.4) is 0 Å². The Balaban J connectivity index is 1.67. The van der Waals surface area contributed by atoms with E-state index in [1.54, 1.807) is 25.4 Å². The first-order valence-electron chi connectivity index (χ1n) is 9.50. The molecule has 1 aliphatic heterocycles. The average molecular weight is 412 g/mol. The van der Waals surface area contributed by atoms with Gasteiger partial charge in [-0.25, -0.2) is 4.39 Å². The fraction of sp³-hybridized carbons (Fsp3) is 0.273. The second-order valence-electron chi connectivity index (χ2n) is 6.88. The van der Waals surface area contributed by atoms with Crippen LogP contribution >= 0.6 is 12.2 Å². The molecule has 0 radical (unpaired) electrons. The van der Waals surface area contributed by atoms with Gasteiger partial charge in [0, 0.05) is 32.0 Å². The molecule has 3 aromatic rings. The fourth-order valence-corrected chi connectivity index (χ4v) is 3.95. The quantitative estimate of drug-likeness (QED) is 0.457. The van der Waals surface area contributed by atoms with Gasteiger partial charge in [-0.3, -0.25) is 4.98 Å². The molecule has 2 unspecified atom stereocenters. The summed E-state index contributed by atoms with van der Waals surface area (Å²) in [6, 6.07) is 15.7. The largest absolute Gasteiger partial charge is 0.459 e. The first-order chi connectivity index (χ1) is 14.2. The van der Waals surface area contributed by atoms with Crippen molar-refractivity contribution in [1.29, 1.82) is 0 Å². The highest BCUT2D eigenvalue weighted by Crippen LogP contribution is 2.40. The van der Waals surface area contributed by atoms with Crippen LogP contribution in [0.15, 0.2) is 65.2 Å². The van der Waals surface area contributed by atoms with E-state index in [0.717, 1.165) is 30.0 Å². The van der Waals surface area contributed by atoms with Gasteiger partial charge in [-0.2, -0.15) is 0 Å². The Bertz CT molecular complexity index is 962. The number of aromatic nitrogens is 1. The maximum absolute atomic E-state index is 13.3. The summed E-state index contributed by atoms with van der Waals surface area (Å²) in [6.45, 7) is 1.39. The van der Waals surface area contributed by atoms with Crippen LogP contribution in [0.1, 0.15) is 30.0 Å². The highest BCUT2D eigenvalue weighted by Gasteiger charge is 2.41. The van der Waals surface area contributed by atoms with Gasteiger partial charge in [0.1, 0.15) is 23.4 Å². The fourth-order valence-electron chi connectivity index (χ4n) is 3.62. The van der Waals surface area contributed by atoms with Crippen molar-refractivity contribution in [2.45, 2.75) is 18.5 Å². The zero-order chi connectivity index (χ0) is 20.2. The molecule has 0 amide bonds. The molecule has 1 aromatic carbocycles. The van der Waals surface area contributed by atoms with E-state index in [0.29, 0.717) is 17.5 Å². The molecule has 3 heterocycles. The second kappa shape index (κ2) is 8.71. The standard InChI is InChI=1S/C22H22FN3O2S/c1-27-14-4-13-26-21(20(25-22(26)29)17-5-2-3-12-24-17)19-11-10-18(28-19)15-6-8-16(23)9-7-15/h2-3,5-12,20-21H,4,13-14H2,1H3,(H,25,29). The Morgan fingerprint density at radius 2 is 2.00 bits per heavy atom. The van der Waals surface area contributed by atoms with Crippen molar-refractivity contribution in [3.05, 3.63) is 78.1 Å². The number of nitrogens with zero attached hydrogens (tertiary/aromatic N) is 2. The van der Waals surface area contributed by atoms with Crippen molar-refractivity contribution in [1.82, 2.24) is 15.2 Å². The van der Waals surface area contributed by atoms with Crippen LogP contribution in [0.5, 0.6) is 0 Å². The topological polar surface area (TPSA) is 50.5 Å². The molecule has 0 saturated carbocycles. The maximum Gasteiger partial charge on any atom is 0.170 e. The molecule has 0 aliphatic carbocycles. The van der Waals surface area contributed by atoms with Crippen molar-refractivity contribution in [2.24, 2.45) is 0 Å². The molecule has 150 valence electrons. The van der Waals surface area contributed by atoms with Crippen molar-refractivity contribution in [2.75, 3.05) is 20.3 Å². The third kappa shape index (κ3) is 4.16. The minimum absolute atomic E-state index is 0.126. The van der Waals surface area contributed by atoms with Gasteiger partial charge in [0.25, 0.3) is 0 Å². The van der Waals surface area contributed by atoms with Gasteiger partial charge in [0.05, 0.1) is 11.7 Å². The number of furan rings is 1. The molecule has 0 bridgehead atoms. The van der Waals surface area contributed by atoms with Crippen LogP contribution in [0.4, 0.5) is 4.39 Å². The van der Waals surface area contributed by atoms with E-state index in [9.17, 15) is 4.39 Å². The molecule has 4 rings (SSSR count). The van der Waals surface area contributed by atoms with E-state index < -0.39 is 0 Å². The number of hydrogen-bond donors (Lipinski definition) is 1. The van der Waals surface area contributed by atoms with Gasteiger partial charge < -0.3 is 19.4 Å². The summed E-state index contributed by atoms with van der Waals surface area (Å²) in [4.78, 5) is 6.65. The molecular formula is C22H22FN3O2S. The predicted octanol–water partition coefficient (Wildman–Crippen LogP) is 4.49. The Labute approximate surface area is 174 Å². The number of rotatable bonds is 7. The third-order valence-corrected chi connectivity index (χ3v) is 5.34. The van der Waals surface area contributed by atoms with Crippen LogP contribution in [0, 0.1) is 5.82 Å². The van der Waals surface area contributed by atoms with Crippen molar-refractivity contribution < 1.29 is 13.5 Å². The first-order valence-corrected chi connectivity index (χ1v) is 9.91. The van der Waals surface area contributed by atoms with E-state index in [-0.39, 0.29) is 17.9 Å². The molecular weight excluding hydrogens is 389 g/mol. The lowest BCUT2D eigenvalue weighted by molar-refractivity contribution is 0.177. The van der Waals surface area contributed by atoms with Crippen molar-refractivity contribution >= 4 is 17.3 Å². The van der Waals surface area contributed by atoms with E-state index in [4.69, 9.17) is 21.4 Å². The number of benzene rings is 1. The van der Waals surface area contributed by atoms with Gasteiger partial charge in [0.2, 0.25) is 0 Å². The summed E-state index contributed by atoms with van der Waals surface area (Å²) in [5.74, 6) is 1.20. The third-order valence-electron chi connectivity index (χ3n) is 4.99. The monoisotopic (exact) mass is 411 g/mol. The van der Waals surface area contributed by atoms with Crippen LogP contribution in [-0.4, -0.2) is 35.3 Å². The van der Waals surface area contributed by atoms with Crippen LogP contribution in [0.2, 0.25) is 0 Å². The number of halogens is 1. The van der Waals surface area contributed by atoms with Crippen LogP contribution in [0.25, 0.3) is 11.3 Å². The Kier molecular flexibility index (Phi) is 5.87. The number of thiocarbonyl (C=S) groups is 1. The van der Waals surface area contributed by atoms with Crippen LogP contribution < -0.4 is 5.32 Å². The van der Waals surface area contributed by atoms with E-state index in [1.165, 1.54) is 12.1 Å². The number of nitrogens with one attached hydrogen (secondary N) is 1. The Morgan fingerprint density at radius 3 is 2.72 bits per heavy atom. The highest BCUT2D eigenvalue weighted by atomic mass is 32.1. The van der Waals surface area contributed by atoms with E-state index in [1.807, 2.05) is 30.3 Å². The number of hydrogen-bond acceptors (Lipinski definition) is 4. The summed E-state index contributed by atoms with van der Waals surface area (Å²) < 4.78 is 24.7. The van der Waals surface area contributed by atoms with E-state index in [2.05, 4.69) is 15.2 Å². The van der Waals surface area contributed by atoms with Crippen molar-refractivity contribution in [3.63, 3.8) is 0 Å². The van der Waals surface area contributed by atoms with Gasteiger partial charge in [-0.1, -0.05) is 6.07 Å². The normalized spacial score (nSPS) is 18.8. The summed E-state index contributed by atoms with van der Waals surface area (Å²) in [5.41, 5.74) is 1.72. The number of pyridine rings is 1. The van der Waals surface area contributed by atoms with Gasteiger partial charge in [0.15, 0.2) is 5.11 Å². The molecule has 2 atom stereocenters. The number of methoxy groups -OCH3 is 1. The summed E-state index contributed by atoms with van der Waals surface area (Å²) in [6.07, 6.45) is 2.62. The number of ether oxygens (including phenoxy) is 1.